The van der Waals surface area contributed by atoms with Crippen LogP contribution < -0.4 is 4.72 Å². The lowest BCUT2D eigenvalue weighted by Crippen LogP contribution is -2.63. The molecule has 154 valence electrons. The van der Waals surface area contributed by atoms with E-state index in [0.717, 1.165) is 0 Å². The highest BCUT2D eigenvalue weighted by molar-refractivity contribution is 8.00. The third-order valence-corrected chi connectivity index (χ3v) is 7.46. The topological polar surface area (TPSA) is 148 Å². The molecule has 1 saturated heterocycles. The number of hydrogen-bond donors (Lipinski definition) is 4. The molecule has 0 amide bonds. The zero-order chi connectivity index (χ0) is 20.2. The van der Waals surface area contributed by atoms with Gasteiger partial charge in [0.25, 0.3) is 0 Å². The van der Waals surface area contributed by atoms with E-state index < -0.39 is 51.6 Å². The second-order valence-electron chi connectivity index (χ2n) is 7.66. The number of rotatable bonds is 4. The van der Waals surface area contributed by atoms with Crippen LogP contribution in [-0.4, -0.2) is 72.0 Å². The van der Waals surface area contributed by atoms with Crippen LogP contribution in [-0.2, 0) is 15.7 Å². The molecule has 0 radical (unpaired) electrons. The molecule has 0 aliphatic carbocycles. The maximum absolute atomic E-state index is 12.5. The monoisotopic (exact) mass is 420 g/mol. The van der Waals surface area contributed by atoms with Crippen LogP contribution >= 0.6 is 11.8 Å². The van der Waals surface area contributed by atoms with E-state index in [-0.39, 0.29) is 11.8 Å². The van der Waals surface area contributed by atoms with E-state index in [0.29, 0.717) is 12.8 Å². The normalized spacial score (nSPS) is 39.9. The summed E-state index contributed by atoms with van der Waals surface area (Å²) in [4.78, 5) is 2.77. The summed E-state index contributed by atoms with van der Waals surface area (Å²) >= 11 is 1.26. The summed E-state index contributed by atoms with van der Waals surface area (Å²) < 4.78 is 21.0. The van der Waals surface area contributed by atoms with Crippen LogP contribution in [0.3, 0.4) is 0 Å². The first kappa shape index (κ1) is 22.6. The van der Waals surface area contributed by atoms with Gasteiger partial charge in [0.1, 0.15) is 29.9 Å². The lowest BCUT2D eigenvalue weighted by molar-refractivity contribution is -0.203. The lowest BCUT2D eigenvalue weighted by Gasteiger charge is -2.44. The molecular weight excluding hydrogens is 392 g/mol. The van der Waals surface area contributed by atoms with Gasteiger partial charge in [0, 0.05) is 16.7 Å². The number of nitrogens with zero attached hydrogens (tertiary/aromatic N) is 3. The molecule has 11 heteroatoms. The van der Waals surface area contributed by atoms with Gasteiger partial charge in [-0.1, -0.05) is 17.3 Å². The van der Waals surface area contributed by atoms with Crippen LogP contribution in [0.25, 0.3) is 10.4 Å². The fourth-order valence-electron chi connectivity index (χ4n) is 2.86. The number of fused-ring (bicyclic) bond motifs is 2. The van der Waals surface area contributed by atoms with Crippen LogP contribution in [0.5, 0.6) is 0 Å². The molecule has 0 aromatic rings. The zero-order valence-corrected chi connectivity index (χ0v) is 17.3. The molecule has 8 atom stereocenters. The van der Waals surface area contributed by atoms with Crippen molar-refractivity contribution in [2.45, 2.75) is 79.5 Å². The Morgan fingerprint density at radius 3 is 2.56 bits per heavy atom. The lowest BCUT2D eigenvalue weighted by atomic mass is 9.93. The van der Waals surface area contributed by atoms with E-state index in [1.54, 1.807) is 0 Å². The molecule has 2 heterocycles. The summed E-state index contributed by atoms with van der Waals surface area (Å²) in [6.45, 7) is 5.72. The van der Waals surface area contributed by atoms with E-state index in [2.05, 4.69) is 14.7 Å². The number of nitrogens with one attached hydrogen (secondary N) is 1. The molecule has 2 aliphatic rings. The molecular formula is C16H28N4O5S2. The second-order valence-corrected chi connectivity index (χ2v) is 11.1. The van der Waals surface area contributed by atoms with Crippen LogP contribution in [0.1, 0.15) is 33.6 Å². The van der Waals surface area contributed by atoms with Crippen LogP contribution in [0.4, 0.5) is 0 Å². The molecule has 0 saturated carbocycles. The summed E-state index contributed by atoms with van der Waals surface area (Å²) in [5.41, 5.74) is 7.75. The highest BCUT2D eigenvalue weighted by Gasteiger charge is 2.47. The highest BCUT2D eigenvalue weighted by Crippen LogP contribution is 2.35. The van der Waals surface area contributed by atoms with Gasteiger partial charge in [-0.25, -0.2) is 8.93 Å². The Morgan fingerprint density at radius 1 is 1.26 bits per heavy atom. The quantitative estimate of drug-likeness (QED) is 0.231. The number of azide groups is 1. The van der Waals surface area contributed by atoms with Crippen LogP contribution in [0, 0.1) is 0 Å². The van der Waals surface area contributed by atoms with Crippen molar-refractivity contribution in [1.29, 1.82) is 0 Å². The summed E-state index contributed by atoms with van der Waals surface area (Å²) in [6.07, 6.45) is 0.00542. The predicted octanol–water partition coefficient (Wildman–Crippen LogP) is 0.976. The number of aliphatic hydroxyl groups excluding tert-OH is 3. The van der Waals surface area contributed by atoms with Gasteiger partial charge in [0.2, 0.25) is 0 Å². The third-order valence-electron chi connectivity index (χ3n) is 4.45. The molecule has 2 bridgehead atoms. The standard InChI is InChI=1S/C16H28N4O5S2/c1-16(2,3)27(24)19-10-7-5-4-6-9(8-18-20-17)26-15-13(23)11(21)12(22)14(10)25-15/h4-5,9-15,19,21-23H,6-8H2,1-3H3/b5-4-/t9-,10+,11-,12+,13+,14+,15+,27?/m0/s1. The van der Waals surface area contributed by atoms with Crippen molar-refractivity contribution < 1.29 is 24.3 Å². The van der Waals surface area contributed by atoms with Crippen molar-refractivity contribution in [1.82, 2.24) is 4.72 Å². The van der Waals surface area contributed by atoms with Crippen molar-refractivity contribution >= 4 is 22.7 Å². The Labute approximate surface area is 165 Å². The van der Waals surface area contributed by atoms with E-state index in [1.807, 2.05) is 32.9 Å². The molecule has 27 heavy (non-hydrogen) atoms. The average molecular weight is 421 g/mol. The molecule has 1 unspecified atom stereocenters. The van der Waals surface area contributed by atoms with E-state index >= 15 is 0 Å². The maximum atomic E-state index is 12.5. The first-order chi connectivity index (χ1) is 12.6. The number of thioether (sulfide) groups is 1. The SMILES string of the molecule is CC(C)(C)S(=O)N[C@@H]1C/C=C\C[C@@H](CN=[N+]=[N-])S[C@H]2O[C@H]1[C@H](O)[C@H](O)[C@H]2O. The molecule has 2 rings (SSSR count). The number of ether oxygens (including phenoxy) is 1. The van der Waals surface area contributed by atoms with Crippen LogP contribution in [0.2, 0.25) is 0 Å². The van der Waals surface area contributed by atoms with Gasteiger partial charge in [-0.3, -0.25) is 0 Å². The summed E-state index contributed by atoms with van der Waals surface area (Å²) in [5, 5.41) is 34.5. The molecule has 0 aromatic heterocycles. The smallest absolute Gasteiger partial charge is 0.132 e. The van der Waals surface area contributed by atoms with E-state index in [4.69, 9.17) is 10.3 Å². The van der Waals surface area contributed by atoms with Crippen molar-refractivity contribution in [3.8, 4) is 0 Å². The fourth-order valence-corrected chi connectivity index (χ4v) is 4.99. The Bertz CT molecular complexity index is 608. The van der Waals surface area contributed by atoms with Crippen molar-refractivity contribution in [3.63, 3.8) is 0 Å². The van der Waals surface area contributed by atoms with Crippen LogP contribution in [0.15, 0.2) is 17.3 Å². The number of aliphatic hydroxyl groups is 3. The summed E-state index contributed by atoms with van der Waals surface area (Å²) in [7, 11) is -1.40. The van der Waals surface area contributed by atoms with Crippen molar-refractivity contribution in [2.75, 3.05) is 6.54 Å². The van der Waals surface area contributed by atoms with Gasteiger partial charge in [0.05, 0.1) is 21.8 Å². The Morgan fingerprint density at radius 2 is 1.93 bits per heavy atom. The minimum Gasteiger partial charge on any atom is -0.388 e. The minimum atomic E-state index is -1.40. The van der Waals surface area contributed by atoms with E-state index in [1.165, 1.54) is 11.8 Å². The third kappa shape index (κ3) is 5.91. The molecule has 9 nitrogen and oxygen atoms in total. The Hall–Kier alpha value is -0.650. The number of hydrogen-bond acceptors (Lipinski definition) is 7. The average Bonchev–Trinajstić information content (AvgIpc) is 2.61. The van der Waals surface area contributed by atoms with Gasteiger partial charge in [-0.2, -0.15) is 0 Å². The molecule has 2 aliphatic heterocycles. The minimum absolute atomic E-state index is 0.131. The number of allylic oxidation sites excluding steroid dienone is 1. The Balaban J connectivity index is 2.27. The van der Waals surface area contributed by atoms with Gasteiger partial charge in [0.15, 0.2) is 0 Å². The zero-order valence-electron chi connectivity index (χ0n) is 15.6. The van der Waals surface area contributed by atoms with Gasteiger partial charge >= 0.3 is 0 Å². The first-order valence-corrected chi connectivity index (χ1v) is 10.9. The molecule has 0 spiro atoms. The second kappa shape index (κ2) is 9.71. The summed E-state index contributed by atoms with van der Waals surface area (Å²) in [5.74, 6) is 0. The van der Waals surface area contributed by atoms with Gasteiger partial charge in [-0.15, -0.1) is 11.8 Å². The van der Waals surface area contributed by atoms with Crippen molar-refractivity contribution in [2.24, 2.45) is 5.11 Å². The highest BCUT2D eigenvalue weighted by atomic mass is 32.2. The maximum Gasteiger partial charge on any atom is 0.132 e. The van der Waals surface area contributed by atoms with Gasteiger partial charge < -0.3 is 20.1 Å². The molecule has 4 N–H and O–H groups in total. The fraction of sp³-hybridized carbons (Fsp3) is 0.875. The Kier molecular flexibility index (Phi) is 8.14. The van der Waals surface area contributed by atoms with Crippen molar-refractivity contribution in [3.05, 3.63) is 22.6 Å². The summed E-state index contributed by atoms with van der Waals surface area (Å²) in [6, 6.07) is -0.504. The predicted molar refractivity (Wildman–Crippen MR) is 105 cm³/mol. The first-order valence-electron chi connectivity index (χ1n) is 8.84. The molecule has 0 aromatic carbocycles. The largest absolute Gasteiger partial charge is 0.388 e. The molecule has 1 fully saturated rings. The van der Waals surface area contributed by atoms with E-state index in [9.17, 15) is 19.5 Å². The van der Waals surface area contributed by atoms with Gasteiger partial charge in [-0.05, 0) is 39.1 Å².